The highest BCUT2D eigenvalue weighted by molar-refractivity contribution is 5.28. The number of alkyl halides is 2. The van der Waals surface area contributed by atoms with Gasteiger partial charge in [-0.05, 0) is 24.6 Å². The van der Waals surface area contributed by atoms with Crippen LogP contribution in [0.4, 0.5) is 8.78 Å². The molecule has 0 amide bonds. The Labute approximate surface area is 88.3 Å². The molecule has 15 heavy (non-hydrogen) atoms. The molecule has 0 aliphatic rings. The van der Waals surface area contributed by atoms with E-state index >= 15 is 0 Å². The molecule has 0 spiro atoms. The van der Waals surface area contributed by atoms with Crippen molar-refractivity contribution in [3.05, 3.63) is 29.8 Å². The minimum absolute atomic E-state index is 0.279. The predicted octanol–water partition coefficient (Wildman–Crippen LogP) is 2.44. The van der Waals surface area contributed by atoms with Crippen molar-refractivity contribution in [2.75, 3.05) is 13.2 Å². The Kier molecular flexibility index (Phi) is 5.04. The van der Waals surface area contributed by atoms with Crippen molar-refractivity contribution < 1.29 is 13.5 Å². The topological polar surface area (TPSA) is 21.3 Å². The molecule has 0 heterocycles. The SMILES string of the molecule is CCOc1cccc(CNCC(F)F)c1. The van der Waals surface area contributed by atoms with Gasteiger partial charge in [-0.25, -0.2) is 8.78 Å². The van der Waals surface area contributed by atoms with Gasteiger partial charge in [0.25, 0.3) is 6.43 Å². The zero-order chi connectivity index (χ0) is 11.1. The lowest BCUT2D eigenvalue weighted by atomic mass is 10.2. The molecule has 2 nitrogen and oxygen atoms in total. The summed E-state index contributed by atoms with van der Waals surface area (Å²) >= 11 is 0. The second kappa shape index (κ2) is 6.35. The predicted molar refractivity (Wildman–Crippen MR) is 55.3 cm³/mol. The Morgan fingerprint density at radius 3 is 2.87 bits per heavy atom. The van der Waals surface area contributed by atoms with Gasteiger partial charge in [-0.1, -0.05) is 12.1 Å². The summed E-state index contributed by atoms with van der Waals surface area (Å²) in [7, 11) is 0. The summed E-state index contributed by atoms with van der Waals surface area (Å²) in [5.41, 5.74) is 0.946. The molecule has 1 rings (SSSR count). The van der Waals surface area contributed by atoms with Crippen LogP contribution in [0, 0.1) is 0 Å². The third kappa shape index (κ3) is 4.74. The molecule has 1 aromatic rings. The zero-order valence-corrected chi connectivity index (χ0v) is 8.67. The average molecular weight is 215 g/mol. The van der Waals surface area contributed by atoms with E-state index in [-0.39, 0.29) is 6.54 Å². The Morgan fingerprint density at radius 1 is 1.40 bits per heavy atom. The fourth-order valence-electron chi connectivity index (χ4n) is 1.24. The molecular weight excluding hydrogens is 200 g/mol. The van der Waals surface area contributed by atoms with Crippen LogP contribution in [-0.2, 0) is 6.54 Å². The molecule has 0 saturated heterocycles. The second-order valence-electron chi connectivity index (χ2n) is 3.10. The lowest BCUT2D eigenvalue weighted by molar-refractivity contribution is 0.145. The summed E-state index contributed by atoms with van der Waals surface area (Å²) in [6.45, 7) is 2.67. The van der Waals surface area contributed by atoms with E-state index in [0.717, 1.165) is 11.3 Å². The van der Waals surface area contributed by atoms with Crippen molar-refractivity contribution in [1.82, 2.24) is 5.32 Å². The van der Waals surface area contributed by atoms with E-state index in [1.807, 2.05) is 31.2 Å². The number of rotatable bonds is 6. The first-order valence-corrected chi connectivity index (χ1v) is 4.93. The van der Waals surface area contributed by atoms with Gasteiger partial charge in [-0.2, -0.15) is 0 Å². The largest absolute Gasteiger partial charge is 0.494 e. The van der Waals surface area contributed by atoms with Crippen LogP contribution in [0.2, 0.25) is 0 Å². The Bertz CT molecular complexity index is 292. The van der Waals surface area contributed by atoms with Gasteiger partial charge in [0.15, 0.2) is 0 Å². The summed E-state index contributed by atoms with van der Waals surface area (Å²) < 4.78 is 29.0. The molecule has 0 aromatic heterocycles. The van der Waals surface area contributed by atoms with Crippen molar-refractivity contribution in [2.24, 2.45) is 0 Å². The van der Waals surface area contributed by atoms with Crippen molar-refractivity contribution in [3.63, 3.8) is 0 Å². The molecule has 0 unspecified atom stereocenters. The molecule has 1 aromatic carbocycles. The van der Waals surface area contributed by atoms with Crippen molar-refractivity contribution in [3.8, 4) is 5.75 Å². The smallest absolute Gasteiger partial charge is 0.250 e. The van der Waals surface area contributed by atoms with Gasteiger partial charge in [-0.15, -0.1) is 0 Å². The van der Waals surface area contributed by atoms with Gasteiger partial charge in [0.1, 0.15) is 5.75 Å². The van der Waals surface area contributed by atoms with Gasteiger partial charge >= 0.3 is 0 Å². The van der Waals surface area contributed by atoms with E-state index in [4.69, 9.17) is 4.74 Å². The van der Waals surface area contributed by atoms with Crippen LogP contribution in [0.5, 0.6) is 5.75 Å². The fourth-order valence-corrected chi connectivity index (χ4v) is 1.24. The second-order valence-corrected chi connectivity index (χ2v) is 3.10. The number of hydrogen-bond acceptors (Lipinski definition) is 2. The number of benzene rings is 1. The molecule has 0 aliphatic heterocycles. The monoisotopic (exact) mass is 215 g/mol. The minimum Gasteiger partial charge on any atom is -0.494 e. The zero-order valence-electron chi connectivity index (χ0n) is 8.67. The molecule has 4 heteroatoms. The van der Waals surface area contributed by atoms with Gasteiger partial charge in [-0.3, -0.25) is 0 Å². The Morgan fingerprint density at radius 2 is 2.20 bits per heavy atom. The fraction of sp³-hybridized carbons (Fsp3) is 0.455. The normalized spacial score (nSPS) is 10.7. The molecule has 1 N–H and O–H groups in total. The van der Waals surface area contributed by atoms with Crippen LogP contribution < -0.4 is 10.1 Å². The highest BCUT2D eigenvalue weighted by Gasteiger charge is 2.01. The maximum absolute atomic E-state index is 11.9. The molecular formula is C11H15F2NO. The molecule has 0 aliphatic carbocycles. The van der Waals surface area contributed by atoms with Gasteiger partial charge in [0.05, 0.1) is 13.2 Å². The van der Waals surface area contributed by atoms with E-state index in [2.05, 4.69) is 5.32 Å². The third-order valence-electron chi connectivity index (χ3n) is 1.84. The van der Waals surface area contributed by atoms with E-state index < -0.39 is 6.43 Å². The molecule has 84 valence electrons. The standard InChI is InChI=1S/C11H15F2NO/c1-2-15-10-5-3-4-9(6-10)7-14-8-11(12)13/h3-6,11,14H,2,7-8H2,1H3. The Hall–Kier alpha value is -1.16. The van der Waals surface area contributed by atoms with E-state index in [1.54, 1.807) is 0 Å². The molecule has 0 bridgehead atoms. The van der Waals surface area contributed by atoms with Crippen LogP contribution >= 0.6 is 0 Å². The van der Waals surface area contributed by atoms with Crippen LogP contribution in [0.1, 0.15) is 12.5 Å². The van der Waals surface area contributed by atoms with Gasteiger partial charge in [0.2, 0.25) is 0 Å². The van der Waals surface area contributed by atoms with Crippen LogP contribution in [0.15, 0.2) is 24.3 Å². The minimum atomic E-state index is -2.31. The lowest BCUT2D eigenvalue weighted by Crippen LogP contribution is -2.20. The molecule has 0 saturated carbocycles. The summed E-state index contributed by atoms with van der Waals surface area (Å²) in [5, 5.41) is 2.66. The summed E-state index contributed by atoms with van der Waals surface area (Å²) in [4.78, 5) is 0. The first-order chi connectivity index (χ1) is 7.22. The summed E-state index contributed by atoms with van der Waals surface area (Å²) in [5.74, 6) is 0.772. The maximum Gasteiger partial charge on any atom is 0.250 e. The number of nitrogens with one attached hydrogen (secondary N) is 1. The molecule has 0 radical (unpaired) electrons. The summed E-state index contributed by atoms with van der Waals surface area (Å²) in [6.07, 6.45) is -2.31. The Balaban J connectivity index is 2.43. The maximum atomic E-state index is 11.9. The van der Waals surface area contributed by atoms with Crippen molar-refractivity contribution in [2.45, 2.75) is 19.9 Å². The number of ether oxygens (including phenoxy) is 1. The van der Waals surface area contributed by atoms with E-state index in [1.165, 1.54) is 0 Å². The van der Waals surface area contributed by atoms with E-state index in [9.17, 15) is 8.78 Å². The molecule has 0 fully saturated rings. The van der Waals surface area contributed by atoms with Crippen molar-refractivity contribution >= 4 is 0 Å². The molecule has 0 atom stereocenters. The van der Waals surface area contributed by atoms with Crippen LogP contribution in [-0.4, -0.2) is 19.6 Å². The third-order valence-corrected chi connectivity index (χ3v) is 1.84. The van der Waals surface area contributed by atoms with Crippen molar-refractivity contribution in [1.29, 1.82) is 0 Å². The number of hydrogen-bond donors (Lipinski definition) is 1. The van der Waals surface area contributed by atoms with Gasteiger partial charge < -0.3 is 10.1 Å². The number of halogens is 2. The van der Waals surface area contributed by atoms with Crippen LogP contribution in [0.3, 0.4) is 0 Å². The lowest BCUT2D eigenvalue weighted by Gasteiger charge is -2.07. The summed E-state index contributed by atoms with van der Waals surface area (Å²) in [6, 6.07) is 7.42. The average Bonchev–Trinajstić information content (AvgIpc) is 2.18. The van der Waals surface area contributed by atoms with Crippen LogP contribution in [0.25, 0.3) is 0 Å². The van der Waals surface area contributed by atoms with E-state index in [0.29, 0.717) is 13.2 Å². The first-order valence-electron chi connectivity index (χ1n) is 4.93. The highest BCUT2D eigenvalue weighted by Crippen LogP contribution is 2.12. The van der Waals surface area contributed by atoms with Gasteiger partial charge in [0, 0.05) is 6.54 Å². The first kappa shape index (κ1) is 11.9. The highest BCUT2D eigenvalue weighted by atomic mass is 19.3. The quantitative estimate of drug-likeness (QED) is 0.787.